The summed E-state index contributed by atoms with van der Waals surface area (Å²) >= 11 is 0. The molecule has 0 fully saturated rings. The molecular formula is C12H17NO. The molecule has 0 unspecified atom stereocenters. The highest BCUT2D eigenvalue weighted by molar-refractivity contribution is 5.95. The maximum atomic E-state index is 11.5. The summed E-state index contributed by atoms with van der Waals surface area (Å²) in [6.45, 7) is 6.59. The van der Waals surface area contributed by atoms with Crippen molar-refractivity contribution in [3.8, 4) is 0 Å². The molecule has 0 radical (unpaired) electrons. The molecule has 2 heteroatoms. The molecule has 76 valence electrons. The summed E-state index contributed by atoms with van der Waals surface area (Å²) in [6, 6.07) is 1.89. The van der Waals surface area contributed by atoms with Gasteiger partial charge in [0.25, 0.3) is 0 Å². The van der Waals surface area contributed by atoms with Crippen LogP contribution in [0.25, 0.3) is 0 Å². The Morgan fingerprint density at radius 2 is 2.43 bits per heavy atom. The van der Waals surface area contributed by atoms with Crippen LogP contribution in [-0.4, -0.2) is 10.4 Å². The first-order valence-electron chi connectivity index (χ1n) is 5.07. The fraction of sp³-hybridized carbons (Fsp3) is 0.417. The largest absolute Gasteiger partial charge is 0.353 e. The van der Waals surface area contributed by atoms with Gasteiger partial charge >= 0.3 is 0 Å². The molecule has 0 amide bonds. The number of allylic oxidation sites excluding steroid dienone is 1. The van der Waals surface area contributed by atoms with Crippen LogP contribution in [-0.2, 0) is 6.54 Å². The molecule has 0 aliphatic carbocycles. The van der Waals surface area contributed by atoms with Crippen molar-refractivity contribution in [1.29, 1.82) is 0 Å². The van der Waals surface area contributed by atoms with E-state index in [2.05, 4.69) is 6.58 Å². The molecule has 0 aromatic carbocycles. The van der Waals surface area contributed by atoms with Crippen molar-refractivity contribution >= 4 is 5.78 Å². The molecule has 14 heavy (non-hydrogen) atoms. The second-order valence-electron chi connectivity index (χ2n) is 3.39. The molecule has 0 saturated heterocycles. The summed E-state index contributed by atoms with van der Waals surface area (Å²) in [4.78, 5) is 11.5. The van der Waals surface area contributed by atoms with Gasteiger partial charge in [0.15, 0.2) is 5.78 Å². The van der Waals surface area contributed by atoms with Crippen molar-refractivity contribution in [2.24, 2.45) is 0 Å². The number of Topliss-reactive ketones (excluding diaryl/α,β-unsaturated/α-hetero) is 1. The zero-order valence-electron chi connectivity index (χ0n) is 8.70. The van der Waals surface area contributed by atoms with Gasteiger partial charge in [-0.3, -0.25) is 4.79 Å². The smallest absolute Gasteiger partial charge is 0.164 e. The number of rotatable bonds is 6. The Morgan fingerprint density at radius 3 is 3.07 bits per heavy atom. The average Bonchev–Trinajstić information content (AvgIpc) is 2.63. The molecular weight excluding hydrogens is 174 g/mol. The van der Waals surface area contributed by atoms with Crippen LogP contribution in [0.2, 0.25) is 0 Å². The maximum absolute atomic E-state index is 11.5. The Labute approximate surface area is 85.2 Å². The third-order valence-corrected chi connectivity index (χ3v) is 2.14. The molecule has 0 spiro atoms. The summed E-state index contributed by atoms with van der Waals surface area (Å²) in [5, 5.41) is 0. The van der Waals surface area contributed by atoms with Gasteiger partial charge in [-0.2, -0.15) is 0 Å². The summed E-state index contributed by atoms with van der Waals surface area (Å²) in [5.41, 5.74) is 0.830. The van der Waals surface area contributed by atoms with Gasteiger partial charge in [-0.15, -0.1) is 6.58 Å². The first-order valence-corrected chi connectivity index (χ1v) is 5.07. The fourth-order valence-corrected chi connectivity index (χ4v) is 1.36. The highest BCUT2D eigenvalue weighted by Gasteiger charge is 2.05. The molecule has 0 aliphatic rings. The number of hydrogen-bond donors (Lipinski definition) is 0. The zero-order chi connectivity index (χ0) is 10.4. The number of carbonyl (C=O) groups excluding carboxylic acids is 1. The first-order chi connectivity index (χ1) is 6.77. The van der Waals surface area contributed by atoms with E-state index >= 15 is 0 Å². The van der Waals surface area contributed by atoms with Crippen LogP contribution < -0.4 is 0 Å². The van der Waals surface area contributed by atoms with Crippen LogP contribution in [0.1, 0.15) is 36.5 Å². The lowest BCUT2D eigenvalue weighted by Crippen LogP contribution is -1.97. The molecule has 0 bridgehead atoms. The summed E-state index contributed by atoms with van der Waals surface area (Å²) < 4.78 is 2.03. The van der Waals surface area contributed by atoms with Gasteiger partial charge in [-0.1, -0.05) is 13.0 Å². The molecule has 1 heterocycles. The number of ketones is 1. The van der Waals surface area contributed by atoms with Crippen molar-refractivity contribution in [3.05, 3.63) is 36.7 Å². The molecule has 0 N–H and O–H groups in total. The van der Waals surface area contributed by atoms with Crippen molar-refractivity contribution < 1.29 is 4.79 Å². The van der Waals surface area contributed by atoms with Crippen LogP contribution in [0.4, 0.5) is 0 Å². The SMILES string of the molecule is C=CCCn1ccc(C(=O)CCC)c1. The second kappa shape index (κ2) is 5.43. The second-order valence-corrected chi connectivity index (χ2v) is 3.39. The zero-order valence-corrected chi connectivity index (χ0v) is 8.70. The van der Waals surface area contributed by atoms with E-state index in [-0.39, 0.29) is 5.78 Å². The molecule has 1 aromatic heterocycles. The minimum atomic E-state index is 0.241. The van der Waals surface area contributed by atoms with E-state index in [1.807, 2.05) is 36.0 Å². The highest BCUT2D eigenvalue weighted by Crippen LogP contribution is 2.07. The van der Waals surface area contributed by atoms with Gasteiger partial charge in [0.2, 0.25) is 0 Å². The van der Waals surface area contributed by atoms with Gasteiger partial charge < -0.3 is 4.57 Å². The van der Waals surface area contributed by atoms with Gasteiger partial charge in [0.1, 0.15) is 0 Å². The number of aryl methyl sites for hydroxylation is 1. The monoisotopic (exact) mass is 191 g/mol. The van der Waals surface area contributed by atoms with Crippen LogP contribution in [0.15, 0.2) is 31.1 Å². The van der Waals surface area contributed by atoms with Crippen molar-refractivity contribution in [2.45, 2.75) is 32.7 Å². The Hall–Kier alpha value is -1.31. The Kier molecular flexibility index (Phi) is 4.17. The molecule has 1 rings (SSSR count). The predicted octanol–water partition coefficient (Wildman–Crippen LogP) is 3.05. The van der Waals surface area contributed by atoms with Gasteiger partial charge in [0, 0.05) is 30.9 Å². The van der Waals surface area contributed by atoms with Gasteiger partial charge in [-0.25, -0.2) is 0 Å². The summed E-state index contributed by atoms with van der Waals surface area (Å²) in [7, 11) is 0. The maximum Gasteiger partial charge on any atom is 0.164 e. The van der Waals surface area contributed by atoms with E-state index in [4.69, 9.17) is 0 Å². The van der Waals surface area contributed by atoms with Crippen LogP contribution in [0, 0.1) is 0 Å². The Morgan fingerprint density at radius 1 is 1.64 bits per heavy atom. The molecule has 2 nitrogen and oxygen atoms in total. The predicted molar refractivity (Wildman–Crippen MR) is 58.5 cm³/mol. The Bertz CT molecular complexity index is 312. The van der Waals surface area contributed by atoms with Crippen molar-refractivity contribution in [1.82, 2.24) is 4.57 Å². The van der Waals surface area contributed by atoms with E-state index in [0.717, 1.165) is 24.9 Å². The average molecular weight is 191 g/mol. The van der Waals surface area contributed by atoms with Crippen LogP contribution in [0.3, 0.4) is 0 Å². The molecule has 0 aliphatic heterocycles. The quantitative estimate of drug-likeness (QED) is 0.500. The lowest BCUT2D eigenvalue weighted by molar-refractivity contribution is 0.0981. The highest BCUT2D eigenvalue weighted by atomic mass is 16.1. The van der Waals surface area contributed by atoms with E-state index in [9.17, 15) is 4.79 Å². The fourth-order valence-electron chi connectivity index (χ4n) is 1.36. The normalized spacial score (nSPS) is 10.1. The summed E-state index contributed by atoms with van der Waals surface area (Å²) in [5.74, 6) is 0.241. The van der Waals surface area contributed by atoms with E-state index in [0.29, 0.717) is 6.42 Å². The number of aromatic nitrogens is 1. The number of hydrogen-bond acceptors (Lipinski definition) is 1. The number of nitrogens with zero attached hydrogens (tertiary/aromatic N) is 1. The first kappa shape index (κ1) is 10.8. The van der Waals surface area contributed by atoms with Gasteiger partial charge in [0.05, 0.1) is 0 Å². The van der Waals surface area contributed by atoms with Crippen molar-refractivity contribution in [3.63, 3.8) is 0 Å². The number of carbonyl (C=O) groups is 1. The third-order valence-electron chi connectivity index (χ3n) is 2.14. The lowest BCUT2D eigenvalue weighted by Gasteiger charge is -1.98. The standard InChI is InChI=1S/C12H17NO/c1-3-5-8-13-9-7-11(10-13)12(14)6-4-2/h3,7,9-10H,1,4-6,8H2,2H3. The minimum absolute atomic E-state index is 0.241. The van der Waals surface area contributed by atoms with E-state index in [1.165, 1.54) is 0 Å². The summed E-state index contributed by atoms with van der Waals surface area (Å²) in [6.07, 6.45) is 8.25. The van der Waals surface area contributed by atoms with Crippen LogP contribution in [0.5, 0.6) is 0 Å². The Balaban J connectivity index is 2.58. The van der Waals surface area contributed by atoms with Crippen LogP contribution >= 0.6 is 0 Å². The minimum Gasteiger partial charge on any atom is -0.353 e. The third kappa shape index (κ3) is 2.87. The van der Waals surface area contributed by atoms with E-state index < -0.39 is 0 Å². The molecule has 0 atom stereocenters. The molecule has 1 aromatic rings. The lowest BCUT2D eigenvalue weighted by atomic mass is 10.1. The topological polar surface area (TPSA) is 22.0 Å². The van der Waals surface area contributed by atoms with Gasteiger partial charge in [-0.05, 0) is 18.9 Å². The van der Waals surface area contributed by atoms with E-state index in [1.54, 1.807) is 0 Å². The van der Waals surface area contributed by atoms with Crippen molar-refractivity contribution in [2.75, 3.05) is 0 Å². The molecule has 0 saturated carbocycles.